The predicted octanol–water partition coefficient (Wildman–Crippen LogP) is 1.27. The SMILES string of the molecule is CC1C(N)CN1c1cccc(Cl)n1. The van der Waals surface area contributed by atoms with Gasteiger partial charge in [0.2, 0.25) is 0 Å². The highest BCUT2D eigenvalue weighted by atomic mass is 35.5. The van der Waals surface area contributed by atoms with Gasteiger partial charge in [0.05, 0.1) is 0 Å². The van der Waals surface area contributed by atoms with Gasteiger partial charge < -0.3 is 10.6 Å². The fourth-order valence-corrected chi connectivity index (χ4v) is 1.66. The van der Waals surface area contributed by atoms with E-state index in [9.17, 15) is 0 Å². The van der Waals surface area contributed by atoms with Crippen molar-refractivity contribution in [1.82, 2.24) is 4.98 Å². The van der Waals surface area contributed by atoms with Crippen LogP contribution < -0.4 is 10.6 Å². The predicted molar refractivity (Wildman–Crippen MR) is 54.0 cm³/mol. The number of rotatable bonds is 1. The van der Waals surface area contributed by atoms with Crippen LogP contribution in [-0.2, 0) is 0 Å². The van der Waals surface area contributed by atoms with Crippen molar-refractivity contribution in [2.75, 3.05) is 11.4 Å². The van der Waals surface area contributed by atoms with Gasteiger partial charge in [-0.3, -0.25) is 0 Å². The lowest BCUT2D eigenvalue weighted by Gasteiger charge is -2.45. The molecule has 70 valence electrons. The fraction of sp³-hybridized carbons (Fsp3) is 0.444. The minimum atomic E-state index is 0.265. The van der Waals surface area contributed by atoms with Crippen LogP contribution in [0, 0.1) is 0 Å². The van der Waals surface area contributed by atoms with Crippen molar-refractivity contribution in [3.8, 4) is 0 Å². The molecule has 2 heterocycles. The molecule has 1 aromatic rings. The second-order valence-electron chi connectivity index (χ2n) is 3.38. The molecule has 1 aliphatic heterocycles. The van der Waals surface area contributed by atoms with Gasteiger partial charge >= 0.3 is 0 Å². The molecule has 0 amide bonds. The van der Waals surface area contributed by atoms with Crippen LogP contribution in [0.4, 0.5) is 5.82 Å². The summed E-state index contributed by atoms with van der Waals surface area (Å²) in [5.41, 5.74) is 5.79. The first-order valence-corrected chi connectivity index (χ1v) is 4.71. The van der Waals surface area contributed by atoms with E-state index in [1.165, 1.54) is 0 Å². The number of anilines is 1. The van der Waals surface area contributed by atoms with Crippen LogP contribution in [0.25, 0.3) is 0 Å². The van der Waals surface area contributed by atoms with Crippen LogP contribution in [-0.4, -0.2) is 23.6 Å². The highest BCUT2D eigenvalue weighted by Gasteiger charge is 2.33. The van der Waals surface area contributed by atoms with Crippen LogP contribution in [0.5, 0.6) is 0 Å². The topological polar surface area (TPSA) is 42.1 Å². The van der Waals surface area contributed by atoms with E-state index in [-0.39, 0.29) is 6.04 Å². The molecule has 13 heavy (non-hydrogen) atoms. The Morgan fingerprint density at radius 1 is 1.62 bits per heavy atom. The lowest BCUT2D eigenvalue weighted by atomic mass is 9.99. The molecule has 0 bridgehead atoms. The largest absolute Gasteiger partial charge is 0.351 e. The van der Waals surface area contributed by atoms with Crippen LogP contribution in [0.2, 0.25) is 5.15 Å². The standard InChI is InChI=1S/C9H12ClN3/c1-6-7(11)5-13(6)9-4-2-3-8(10)12-9/h2-4,6-7H,5,11H2,1H3. The molecular formula is C9H12ClN3. The molecule has 1 aromatic heterocycles. The van der Waals surface area contributed by atoms with E-state index in [0.29, 0.717) is 11.2 Å². The molecule has 0 saturated carbocycles. The smallest absolute Gasteiger partial charge is 0.131 e. The molecule has 0 spiro atoms. The van der Waals surface area contributed by atoms with Crippen molar-refractivity contribution < 1.29 is 0 Å². The monoisotopic (exact) mass is 197 g/mol. The summed E-state index contributed by atoms with van der Waals surface area (Å²) in [5.74, 6) is 0.918. The molecule has 1 saturated heterocycles. The van der Waals surface area contributed by atoms with Crippen molar-refractivity contribution >= 4 is 17.4 Å². The van der Waals surface area contributed by atoms with E-state index in [4.69, 9.17) is 17.3 Å². The maximum atomic E-state index is 5.79. The highest BCUT2D eigenvalue weighted by molar-refractivity contribution is 6.29. The third kappa shape index (κ3) is 1.49. The van der Waals surface area contributed by atoms with Gasteiger partial charge in [-0.2, -0.15) is 0 Å². The molecule has 0 aliphatic carbocycles. The summed E-state index contributed by atoms with van der Waals surface area (Å²) < 4.78 is 0. The molecule has 2 rings (SSSR count). The quantitative estimate of drug-likeness (QED) is 0.690. The lowest BCUT2D eigenvalue weighted by molar-refractivity contribution is 0.401. The Morgan fingerprint density at radius 3 is 2.92 bits per heavy atom. The Balaban J connectivity index is 2.18. The normalized spacial score (nSPS) is 27.2. The van der Waals surface area contributed by atoms with E-state index in [2.05, 4.69) is 16.8 Å². The van der Waals surface area contributed by atoms with Crippen molar-refractivity contribution in [3.63, 3.8) is 0 Å². The third-order valence-corrected chi connectivity index (χ3v) is 2.72. The molecule has 2 atom stereocenters. The molecule has 0 aromatic carbocycles. The number of nitrogens with zero attached hydrogens (tertiary/aromatic N) is 2. The number of hydrogen-bond donors (Lipinski definition) is 1. The van der Waals surface area contributed by atoms with Crippen LogP contribution >= 0.6 is 11.6 Å². The first kappa shape index (κ1) is 8.78. The summed E-state index contributed by atoms with van der Waals surface area (Å²) in [5, 5.41) is 0.533. The molecule has 4 heteroatoms. The van der Waals surface area contributed by atoms with E-state index in [1.54, 1.807) is 6.07 Å². The second kappa shape index (κ2) is 3.16. The summed E-state index contributed by atoms with van der Waals surface area (Å²) in [6.07, 6.45) is 0. The molecule has 1 fully saturated rings. The van der Waals surface area contributed by atoms with Crippen molar-refractivity contribution in [2.45, 2.75) is 19.0 Å². The van der Waals surface area contributed by atoms with Crippen LogP contribution in [0.15, 0.2) is 18.2 Å². The van der Waals surface area contributed by atoms with Gasteiger partial charge in [0.25, 0.3) is 0 Å². The van der Waals surface area contributed by atoms with Gasteiger partial charge in [0, 0.05) is 18.6 Å². The summed E-state index contributed by atoms with van der Waals surface area (Å²) in [6.45, 7) is 2.96. The molecule has 3 nitrogen and oxygen atoms in total. The Bertz CT molecular complexity index is 315. The van der Waals surface area contributed by atoms with Crippen molar-refractivity contribution in [1.29, 1.82) is 0 Å². The van der Waals surface area contributed by atoms with Crippen molar-refractivity contribution in [2.24, 2.45) is 5.73 Å². The summed E-state index contributed by atoms with van der Waals surface area (Å²) in [7, 11) is 0. The Morgan fingerprint density at radius 2 is 2.38 bits per heavy atom. The molecule has 2 N–H and O–H groups in total. The van der Waals surface area contributed by atoms with Gasteiger partial charge in [-0.05, 0) is 19.1 Å². The van der Waals surface area contributed by atoms with E-state index < -0.39 is 0 Å². The zero-order valence-corrected chi connectivity index (χ0v) is 8.20. The average molecular weight is 198 g/mol. The van der Waals surface area contributed by atoms with Crippen LogP contribution in [0.1, 0.15) is 6.92 Å². The summed E-state index contributed by atoms with van der Waals surface area (Å²) in [6, 6.07) is 6.26. The maximum absolute atomic E-state index is 5.79. The Labute approximate surface area is 82.5 Å². The van der Waals surface area contributed by atoms with Crippen molar-refractivity contribution in [3.05, 3.63) is 23.4 Å². The molecule has 2 unspecified atom stereocenters. The second-order valence-corrected chi connectivity index (χ2v) is 3.76. The number of pyridine rings is 1. The van der Waals surface area contributed by atoms with Gasteiger partial charge in [0.15, 0.2) is 0 Å². The van der Waals surface area contributed by atoms with Crippen LogP contribution in [0.3, 0.4) is 0 Å². The number of nitrogens with two attached hydrogens (primary N) is 1. The van der Waals surface area contributed by atoms with E-state index in [0.717, 1.165) is 12.4 Å². The Kier molecular flexibility index (Phi) is 2.14. The minimum Gasteiger partial charge on any atom is -0.351 e. The molecule has 1 aliphatic rings. The first-order chi connectivity index (χ1) is 6.18. The van der Waals surface area contributed by atoms with Gasteiger partial charge in [-0.15, -0.1) is 0 Å². The van der Waals surface area contributed by atoms with Gasteiger partial charge in [-0.25, -0.2) is 4.98 Å². The summed E-state index contributed by atoms with van der Waals surface area (Å²) in [4.78, 5) is 6.37. The molecular weight excluding hydrogens is 186 g/mol. The zero-order valence-electron chi connectivity index (χ0n) is 7.44. The van der Waals surface area contributed by atoms with E-state index in [1.807, 2.05) is 12.1 Å². The average Bonchev–Trinajstić information content (AvgIpc) is 2.13. The third-order valence-electron chi connectivity index (χ3n) is 2.51. The summed E-state index contributed by atoms with van der Waals surface area (Å²) >= 11 is 5.79. The number of halogens is 1. The maximum Gasteiger partial charge on any atom is 0.131 e. The Hall–Kier alpha value is -0.800. The van der Waals surface area contributed by atoms with Gasteiger partial charge in [0.1, 0.15) is 11.0 Å². The number of aromatic nitrogens is 1. The zero-order chi connectivity index (χ0) is 9.42. The van der Waals surface area contributed by atoms with Gasteiger partial charge in [-0.1, -0.05) is 17.7 Å². The number of hydrogen-bond acceptors (Lipinski definition) is 3. The van der Waals surface area contributed by atoms with E-state index >= 15 is 0 Å². The lowest BCUT2D eigenvalue weighted by Crippen LogP contribution is -2.63. The molecule has 0 radical (unpaired) electrons. The first-order valence-electron chi connectivity index (χ1n) is 4.33. The minimum absolute atomic E-state index is 0.265. The fourth-order valence-electron chi connectivity index (χ4n) is 1.50. The highest BCUT2D eigenvalue weighted by Crippen LogP contribution is 2.24.